The minimum Gasteiger partial charge on any atom is -0.496 e. The van der Waals surface area contributed by atoms with Crippen molar-refractivity contribution in [2.75, 3.05) is 13.7 Å². The molecular formula is C17H28N2O2. The highest BCUT2D eigenvalue weighted by Gasteiger charge is 2.41. The van der Waals surface area contributed by atoms with E-state index in [1.165, 1.54) is 25.7 Å². The zero-order chi connectivity index (χ0) is 15.1. The van der Waals surface area contributed by atoms with Gasteiger partial charge in [-0.2, -0.15) is 0 Å². The van der Waals surface area contributed by atoms with Crippen LogP contribution in [0.3, 0.4) is 0 Å². The molecule has 0 radical (unpaired) electrons. The van der Waals surface area contributed by atoms with E-state index in [-0.39, 0.29) is 11.6 Å². The standard InChI is InChI=1S/C17H28N2O2/c1-3-21-17(12-8-4-5-9-13-17)16(19-18)14-10-6-7-11-15(14)20-2/h6-7,10-11,16,19H,3-5,8-9,12-13,18H2,1-2H3. The fourth-order valence-corrected chi connectivity index (χ4v) is 3.56. The second kappa shape index (κ2) is 7.78. The molecule has 118 valence electrons. The third-order valence-electron chi connectivity index (χ3n) is 4.52. The number of nitrogens with two attached hydrogens (primary N) is 1. The maximum Gasteiger partial charge on any atom is 0.123 e. The van der Waals surface area contributed by atoms with Crippen molar-refractivity contribution in [1.29, 1.82) is 0 Å². The Labute approximate surface area is 128 Å². The molecule has 0 spiro atoms. The van der Waals surface area contributed by atoms with Crippen LogP contribution in [0.4, 0.5) is 0 Å². The molecule has 0 aliphatic heterocycles. The van der Waals surface area contributed by atoms with Crippen molar-refractivity contribution in [3.63, 3.8) is 0 Å². The molecule has 0 heterocycles. The van der Waals surface area contributed by atoms with E-state index in [4.69, 9.17) is 15.3 Å². The Hall–Kier alpha value is -1.10. The van der Waals surface area contributed by atoms with E-state index in [1.807, 2.05) is 18.2 Å². The van der Waals surface area contributed by atoms with E-state index in [9.17, 15) is 0 Å². The molecule has 4 nitrogen and oxygen atoms in total. The Morgan fingerprint density at radius 3 is 2.43 bits per heavy atom. The quantitative estimate of drug-likeness (QED) is 0.480. The Morgan fingerprint density at radius 1 is 1.19 bits per heavy atom. The zero-order valence-electron chi connectivity index (χ0n) is 13.2. The van der Waals surface area contributed by atoms with Crippen LogP contribution >= 0.6 is 0 Å². The van der Waals surface area contributed by atoms with Crippen molar-refractivity contribution in [2.24, 2.45) is 5.84 Å². The van der Waals surface area contributed by atoms with Crippen molar-refractivity contribution in [2.45, 2.75) is 57.1 Å². The maximum absolute atomic E-state index is 6.26. The number of benzene rings is 1. The number of rotatable bonds is 6. The van der Waals surface area contributed by atoms with Crippen LogP contribution in [-0.2, 0) is 4.74 Å². The number of hydrogen-bond donors (Lipinski definition) is 2. The summed E-state index contributed by atoms with van der Waals surface area (Å²) >= 11 is 0. The van der Waals surface area contributed by atoms with Crippen LogP contribution in [0, 0.1) is 0 Å². The predicted molar refractivity (Wildman–Crippen MR) is 85.1 cm³/mol. The number of nitrogens with one attached hydrogen (secondary N) is 1. The van der Waals surface area contributed by atoms with Crippen molar-refractivity contribution < 1.29 is 9.47 Å². The summed E-state index contributed by atoms with van der Waals surface area (Å²) in [5, 5.41) is 0. The first-order chi connectivity index (χ1) is 10.3. The molecule has 4 heteroatoms. The summed E-state index contributed by atoms with van der Waals surface area (Å²) in [6, 6.07) is 8.02. The van der Waals surface area contributed by atoms with Crippen LogP contribution in [0.1, 0.15) is 57.1 Å². The lowest BCUT2D eigenvalue weighted by Gasteiger charge is -2.40. The normalized spacial score (nSPS) is 19.8. The van der Waals surface area contributed by atoms with Gasteiger partial charge in [0.2, 0.25) is 0 Å². The molecule has 0 aromatic heterocycles. The molecule has 2 rings (SSSR count). The van der Waals surface area contributed by atoms with Crippen molar-refractivity contribution >= 4 is 0 Å². The highest BCUT2D eigenvalue weighted by molar-refractivity contribution is 5.37. The molecule has 1 atom stereocenters. The van der Waals surface area contributed by atoms with Gasteiger partial charge in [0.15, 0.2) is 0 Å². The highest BCUT2D eigenvalue weighted by atomic mass is 16.5. The first kappa shape index (κ1) is 16.3. The van der Waals surface area contributed by atoms with Gasteiger partial charge in [0, 0.05) is 12.2 Å². The molecule has 1 aliphatic rings. The van der Waals surface area contributed by atoms with Gasteiger partial charge < -0.3 is 9.47 Å². The zero-order valence-corrected chi connectivity index (χ0v) is 13.2. The molecule has 1 saturated carbocycles. The lowest BCUT2D eigenvalue weighted by Crippen LogP contribution is -2.48. The lowest BCUT2D eigenvalue weighted by molar-refractivity contribution is -0.0786. The maximum atomic E-state index is 6.26. The molecule has 1 fully saturated rings. The molecule has 1 aliphatic carbocycles. The van der Waals surface area contributed by atoms with Gasteiger partial charge in [0.1, 0.15) is 5.75 Å². The van der Waals surface area contributed by atoms with E-state index in [0.717, 1.165) is 24.2 Å². The summed E-state index contributed by atoms with van der Waals surface area (Å²) in [6.07, 6.45) is 7.00. The van der Waals surface area contributed by atoms with Crippen LogP contribution in [-0.4, -0.2) is 19.3 Å². The minimum absolute atomic E-state index is 0.0494. The highest BCUT2D eigenvalue weighted by Crippen LogP contribution is 2.42. The van der Waals surface area contributed by atoms with E-state index >= 15 is 0 Å². The Morgan fingerprint density at radius 2 is 1.86 bits per heavy atom. The van der Waals surface area contributed by atoms with Gasteiger partial charge in [0.25, 0.3) is 0 Å². The van der Waals surface area contributed by atoms with E-state index in [1.54, 1.807) is 7.11 Å². The summed E-state index contributed by atoms with van der Waals surface area (Å²) < 4.78 is 11.8. The van der Waals surface area contributed by atoms with E-state index < -0.39 is 0 Å². The van der Waals surface area contributed by atoms with Gasteiger partial charge in [-0.1, -0.05) is 43.9 Å². The predicted octanol–water partition coefficient (Wildman–Crippen LogP) is 3.33. The summed E-state index contributed by atoms with van der Waals surface area (Å²) in [5.74, 6) is 6.80. The van der Waals surface area contributed by atoms with Crippen LogP contribution < -0.4 is 16.0 Å². The topological polar surface area (TPSA) is 56.5 Å². The summed E-state index contributed by atoms with van der Waals surface area (Å²) in [5.41, 5.74) is 3.85. The minimum atomic E-state index is -0.241. The number of ether oxygens (including phenoxy) is 2. The molecule has 1 unspecified atom stereocenters. The molecule has 0 amide bonds. The van der Waals surface area contributed by atoms with Crippen LogP contribution in [0.2, 0.25) is 0 Å². The largest absolute Gasteiger partial charge is 0.496 e. The van der Waals surface area contributed by atoms with Gasteiger partial charge in [-0.25, -0.2) is 5.43 Å². The fourth-order valence-electron chi connectivity index (χ4n) is 3.56. The molecule has 3 N–H and O–H groups in total. The van der Waals surface area contributed by atoms with Crippen molar-refractivity contribution in [1.82, 2.24) is 5.43 Å². The second-order valence-corrected chi connectivity index (χ2v) is 5.75. The first-order valence-electron chi connectivity index (χ1n) is 8.00. The average molecular weight is 292 g/mol. The summed E-state index contributed by atoms with van der Waals surface area (Å²) in [4.78, 5) is 0. The number of methoxy groups -OCH3 is 1. The van der Waals surface area contributed by atoms with Gasteiger partial charge in [-0.05, 0) is 25.8 Å². The van der Waals surface area contributed by atoms with Crippen molar-refractivity contribution in [3.05, 3.63) is 29.8 Å². The SMILES string of the molecule is CCOC1(C(NN)c2ccccc2OC)CCCCCC1. The molecule has 1 aromatic carbocycles. The number of para-hydroxylation sites is 1. The molecule has 0 saturated heterocycles. The van der Waals surface area contributed by atoms with Crippen LogP contribution in [0.5, 0.6) is 5.75 Å². The van der Waals surface area contributed by atoms with Gasteiger partial charge in [0.05, 0.1) is 18.8 Å². The molecule has 21 heavy (non-hydrogen) atoms. The smallest absolute Gasteiger partial charge is 0.123 e. The first-order valence-corrected chi connectivity index (χ1v) is 8.00. The molecular weight excluding hydrogens is 264 g/mol. The number of hydrazine groups is 1. The Balaban J connectivity index is 2.38. The third-order valence-corrected chi connectivity index (χ3v) is 4.52. The van der Waals surface area contributed by atoms with Crippen molar-refractivity contribution in [3.8, 4) is 5.75 Å². The monoisotopic (exact) mass is 292 g/mol. The Bertz CT molecular complexity index is 429. The van der Waals surface area contributed by atoms with Crippen LogP contribution in [0.15, 0.2) is 24.3 Å². The summed E-state index contributed by atoms with van der Waals surface area (Å²) in [7, 11) is 1.70. The van der Waals surface area contributed by atoms with E-state index in [2.05, 4.69) is 18.4 Å². The molecule has 1 aromatic rings. The van der Waals surface area contributed by atoms with Crippen LogP contribution in [0.25, 0.3) is 0 Å². The van der Waals surface area contributed by atoms with E-state index in [0.29, 0.717) is 6.61 Å². The fraction of sp³-hybridized carbons (Fsp3) is 0.647. The van der Waals surface area contributed by atoms with Gasteiger partial charge >= 0.3 is 0 Å². The average Bonchev–Trinajstić information content (AvgIpc) is 2.75. The summed E-state index contributed by atoms with van der Waals surface area (Å²) in [6.45, 7) is 2.76. The number of hydrogen-bond acceptors (Lipinski definition) is 4. The lowest BCUT2D eigenvalue weighted by atomic mass is 9.82. The van der Waals surface area contributed by atoms with Gasteiger partial charge in [-0.3, -0.25) is 5.84 Å². The third kappa shape index (κ3) is 3.57. The second-order valence-electron chi connectivity index (χ2n) is 5.75. The Kier molecular flexibility index (Phi) is 6.03. The molecule has 0 bridgehead atoms. The van der Waals surface area contributed by atoms with Gasteiger partial charge in [-0.15, -0.1) is 0 Å².